The summed E-state index contributed by atoms with van der Waals surface area (Å²) in [5.74, 6) is 0.267. The van der Waals surface area contributed by atoms with Crippen molar-refractivity contribution in [2.75, 3.05) is 23.5 Å². The summed E-state index contributed by atoms with van der Waals surface area (Å²) < 4.78 is 5.75. The quantitative estimate of drug-likeness (QED) is 0.634. The van der Waals surface area contributed by atoms with E-state index in [1.807, 2.05) is 12.1 Å². The van der Waals surface area contributed by atoms with Crippen LogP contribution < -0.4 is 20.3 Å². The molecule has 0 spiro atoms. The molecule has 0 saturated carbocycles. The fourth-order valence-electron chi connectivity index (χ4n) is 3.68. The predicted octanol–water partition coefficient (Wildman–Crippen LogP) is 4.17. The van der Waals surface area contributed by atoms with Gasteiger partial charge in [0.05, 0.1) is 15.7 Å². The van der Waals surface area contributed by atoms with Gasteiger partial charge in [0.2, 0.25) is 11.8 Å². The van der Waals surface area contributed by atoms with Crippen molar-refractivity contribution in [2.24, 2.45) is 0 Å². The maximum absolute atomic E-state index is 13.0. The van der Waals surface area contributed by atoms with E-state index in [0.29, 0.717) is 21.7 Å². The summed E-state index contributed by atoms with van der Waals surface area (Å²) in [5.41, 5.74) is 4.09. The monoisotopic (exact) mass is 441 g/mol. The third-order valence-corrected chi connectivity index (χ3v) is 5.77. The molecule has 2 aromatic carbocycles. The van der Waals surface area contributed by atoms with Crippen molar-refractivity contribution in [3.63, 3.8) is 0 Å². The zero-order chi connectivity index (χ0) is 20.7. The van der Waals surface area contributed by atoms with E-state index >= 15 is 0 Å². The van der Waals surface area contributed by atoms with Crippen molar-refractivity contribution < 1.29 is 9.53 Å². The number of hydrogen-bond acceptors (Lipinski definition) is 6. The molecule has 2 N–H and O–H groups in total. The van der Waals surface area contributed by atoms with E-state index in [-0.39, 0.29) is 24.1 Å². The van der Waals surface area contributed by atoms with Gasteiger partial charge in [0.1, 0.15) is 5.56 Å². The molecule has 1 amide bonds. The van der Waals surface area contributed by atoms with Gasteiger partial charge in [-0.3, -0.25) is 9.69 Å². The molecule has 152 valence electrons. The SMILES string of the molecule is O=C1c2cnc(Nc3cccc4c3CNCC4)nc2OCN1c1c(Cl)cccc1Cl. The van der Waals surface area contributed by atoms with E-state index in [0.717, 1.165) is 25.2 Å². The first-order valence-electron chi connectivity index (χ1n) is 9.46. The van der Waals surface area contributed by atoms with Gasteiger partial charge in [-0.05, 0) is 42.3 Å². The molecule has 3 aromatic rings. The van der Waals surface area contributed by atoms with Crippen LogP contribution in [0.1, 0.15) is 21.5 Å². The summed E-state index contributed by atoms with van der Waals surface area (Å²) in [6.45, 7) is 1.70. The number of fused-ring (bicyclic) bond motifs is 2. The van der Waals surface area contributed by atoms with Gasteiger partial charge in [-0.1, -0.05) is 41.4 Å². The van der Waals surface area contributed by atoms with E-state index in [4.69, 9.17) is 27.9 Å². The average Bonchev–Trinajstić information content (AvgIpc) is 2.75. The van der Waals surface area contributed by atoms with Gasteiger partial charge in [0.15, 0.2) is 6.73 Å². The van der Waals surface area contributed by atoms with Crippen LogP contribution in [-0.2, 0) is 13.0 Å². The highest BCUT2D eigenvalue weighted by atomic mass is 35.5. The Morgan fingerprint density at radius 3 is 2.77 bits per heavy atom. The number of ether oxygens (including phenoxy) is 1. The van der Waals surface area contributed by atoms with Crippen LogP contribution in [0.2, 0.25) is 10.0 Å². The van der Waals surface area contributed by atoms with Crippen molar-refractivity contribution in [2.45, 2.75) is 13.0 Å². The number of anilines is 3. The number of halogens is 2. The minimum Gasteiger partial charge on any atom is -0.455 e. The van der Waals surface area contributed by atoms with E-state index in [2.05, 4.69) is 26.7 Å². The molecule has 0 fully saturated rings. The highest BCUT2D eigenvalue weighted by Gasteiger charge is 2.31. The maximum atomic E-state index is 13.0. The lowest BCUT2D eigenvalue weighted by molar-refractivity contribution is 0.0932. The van der Waals surface area contributed by atoms with Crippen molar-refractivity contribution in [3.8, 4) is 5.88 Å². The van der Waals surface area contributed by atoms with Crippen LogP contribution in [0.15, 0.2) is 42.6 Å². The molecule has 30 heavy (non-hydrogen) atoms. The van der Waals surface area contributed by atoms with Crippen molar-refractivity contribution in [3.05, 3.63) is 69.3 Å². The smallest absolute Gasteiger partial charge is 0.268 e. The molecule has 0 bridgehead atoms. The lowest BCUT2D eigenvalue weighted by atomic mass is 9.99. The molecule has 7 nitrogen and oxygen atoms in total. The molecule has 1 aromatic heterocycles. The van der Waals surface area contributed by atoms with Crippen LogP contribution in [-0.4, -0.2) is 29.2 Å². The van der Waals surface area contributed by atoms with Gasteiger partial charge in [-0.15, -0.1) is 0 Å². The summed E-state index contributed by atoms with van der Waals surface area (Å²) in [4.78, 5) is 23.1. The van der Waals surface area contributed by atoms with Crippen LogP contribution in [0.25, 0.3) is 0 Å². The summed E-state index contributed by atoms with van der Waals surface area (Å²) in [7, 11) is 0. The maximum Gasteiger partial charge on any atom is 0.268 e. The van der Waals surface area contributed by atoms with Crippen LogP contribution in [0.3, 0.4) is 0 Å². The fraction of sp³-hybridized carbons (Fsp3) is 0.190. The summed E-state index contributed by atoms with van der Waals surface area (Å²) >= 11 is 12.5. The number of amides is 1. The van der Waals surface area contributed by atoms with Crippen LogP contribution in [0, 0.1) is 0 Å². The number of nitrogens with zero attached hydrogens (tertiary/aromatic N) is 3. The minimum absolute atomic E-state index is 0.0452. The Kier molecular flexibility index (Phi) is 4.94. The zero-order valence-corrected chi connectivity index (χ0v) is 17.3. The third kappa shape index (κ3) is 3.35. The molecule has 0 radical (unpaired) electrons. The van der Waals surface area contributed by atoms with Crippen molar-refractivity contribution in [1.82, 2.24) is 15.3 Å². The third-order valence-electron chi connectivity index (χ3n) is 5.16. The topological polar surface area (TPSA) is 79.4 Å². The van der Waals surface area contributed by atoms with Gasteiger partial charge in [-0.25, -0.2) is 4.98 Å². The molecule has 2 aliphatic heterocycles. The molecule has 2 aliphatic rings. The van der Waals surface area contributed by atoms with Gasteiger partial charge in [0.25, 0.3) is 5.91 Å². The summed E-state index contributed by atoms with van der Waals surface area (Å²) in [6, 6.07) is 11.2. The number of rotatable bonds is 3. The van der Waals surface area contributed by atoms with Crippen molar-refractivity contribution in [1.29, 1.82) is 0 Å². The number of aromatic nitrogens is 2. The fourth-order valence-corrected chi connectivity index (χ4v) is 4.28. The summed E-state index contributed by atoms with van der Waals surface area (Å²) in [6.07, 6.45) is 2.44. The minimum atomic E-state index is -0.320. The number of benzene rings is 2. The Balaban J connectivity index is 1.43. The Labute approximate surface area is 183 Å². The highest BCUT2D eigenvalue weighted by molar-refractivity contribution is 6.40. The Bertz CT molecular complexity index is 1130. The molecule has 9 heteroatoms. The molecule has 0 saturated heterocycles. The molecule has 0 unspecified atom stereocenters. The first kappa shape index (κ1) is 19.1. The molecule has 5 rings (SSSR count). The van der Waals surface area contributed by atoms with E-state index in [1.165, 1.54) is 22.2 Å². The molecule has 3 heterocycles. The normalized spacial score (nSPS) is 15.3. The number of carbonyl (C=O) groups is 1. The first-order chi connectivity index (χ1) is 14.6. The number of hydrogen-bond donors (Lipinski definition) is 2. The molecular weight excluding hydrogens is 425 g/mol. The average molecular weight is 442 g/mol. The highest BCUT2D eigenvalue weighted by Crippen LogP contribution is 2.37. The van der Waals surface area contributed by atoms with Gasteiger partial charge >= 0.3 is 0 Å². The number of nitrogens with one attached hydrogen (secondary N) is 2. The van der Waals surface area contributed by atoms with E-state index in [9.17, 15) is 4.79 Å². The lowest BCUT2D eigenvalue weighted by Gasteiger charge is -2.29. The second-order valence-corrected chi connectivity index (χ2v) is 7.80. The van der Waals surface area contributed by atoms with Crippen LogP contribution >= 0.6 is 23.2 Å². The number of carbonyl (C=O) groups excluding carboxylic acids is 1. The van der Waals surface area contributed by atoms with Gasteiger partial charge in [0, 0.05) is 18.4 Å². The molecule has 0 atom stereocenters. The second kappa shape index (κ2) is 7.75. The Morgan fingerprint density at radius 1 is 1.13 bits per heavy atom. The Hall–Kier alpha value is -2.87. The Morgan fingerprint density at radius 2 is 1.93 bits per heavy atom. The van der Waals surface area contributed by atoms with Crippen LogP contribution in [0.5, 0.6) is 5.88 Å². The summed E-state index contributed by atoms with van der Waals surface area (Å²) in [5, 5.41) is 7.35. The lowest BCUT2D eigenvalue weighted by Crippen LogP contribution is -2.39. The van der Waals surface area contributed by atoms with Crippen molar-refractivity contribution >= 4 is 46.4 Å². The number of para-hydroxylation sites is 1. The second-order valence-electron chi connectivity index (χ2n) is 6.98. The van der Waals surface area contributed by atoms with Crippen LogP contribution in [0.4, 0.5) is 17.3 Å². The standard InChI is InChI=1S/C21H17Cl2N5O2/c22-15-4-2-5-16(23)18(15)28-11-30-19-14(20(28)29)10-25-21(27-19)26-17-6-1-3-12-7-8-24-9-13(12)17/h1-6,10,24H,7-9,11H2,(H,25,26,27). The first-order valence-corrected chi connectivity index (χ1v) is 10.2. The predicted molar refractivity (Wildman–Crippen MR) is 116 cm³/mol. The van der Waals surface area contributed by atoms with Gasteiger partial charge < -0.3 is 15.4 Å². The molecule has 0 aliphatic carbocycles. The van der Waals surface area contributed by atoms with E-state index < -0.39 is 0 Å². The zero-order valence-electron chi connectivity index (χ0n) is 15.8. The van der Waals surface area contributed by atoms with E-state index in [1.54, 1.807) is 18.2 Å². The molecular formula is C21H17Cl2N5O2. The van der Waals surface area contributed by atoms with Gasteiger partial charge in [-0.2, -0.15) is 4.98 Å². The largest absolute Gasteiger partial charge is 0.455 e.